The van der Waals surface area contributed by atoms with Crippen molar-refractivity contribution in [3.05, 3.63) is 66.0 Å². The Bertz CT molecular complexity index is 767. The van der Waals surface area contributed by atoms with E-state index in [2.05, 4.69) is 4.98 Å². The van der Waals surface area contributed by atoms with E-state index in [1.165, 1.54) is 0 Å². The molecule has 2 N–H and O–H groups in total. The van der Waals surface area contributed by atoms with E-state index < -0.39 is 11.5 Å². The molecule has 1 spiro atoms. The Balaban J connectivity index is 1.45. The monoisotopic (exact) mass is 352 g/mol. The number of pyridine rings is 1. The maximum absolute atomic E-state index is 12.7. The van der Waals surface area contributed by atoms with E-state index in [1.54, 1.807) is 17.3 Å². The van der Waals surface area contributed by atoms with Crippen LogP contribution in [0.2, 0.25) is 0 Å². The normalized spacial score (nSPS) is 29.9. The molecule has 4 atom stereocenters. The van der Waals surface area contributed by atoms with Crippen LogP contribution < -0.4 is 0 Å². The number of aliphatic hydroxyl groups is 2. The van der Waals surface area contributed by atoms with Crippen molar-refractivity contribution < 1.29 is 15.0 Å². The van der Waals surface area contributed by atoms with Gasteiger partial charge in [0.15, 0.2) is 0 Å². The molecule has 1 saturated carbocycles. The lowest BCUT2D eigenvalue weighted by molar-refractivity contribution is -0.130. The Morgan fingerprint density at radius 1 is 1.19 bits per heavy atom. The summed E-state index contributed by atoms with van der Waals surface area (Å²) < 4.78 is 0. The fourth-order valence-electron chi connectivity index (χ4n) is 4.72. The first-order chi connectivity index (χ1) is 12.7. The second-order valence-electron chi connectivity index (χ2n) is 7.44. The third kappa shape index (κ3) is 2.81. The van der Waals surface area contributed by atoms with Gasteiger partial charge in [-0.25, -0.2) is 0 Å². The van der Waals surface area contributed by atoms with Crippen molar-refractivity contribution in [3.8, 4) is 0 Å². The summed E-state index contributed by atoms with van der Waals surface area (Å²) in [6.07, 6.45) is 3.97. The standard InChI is InChI=1S/C21H24N2O3/c24-13-17-20(16-4-2-1-3-5-16)21(17)14-23(12-18(21)25)19(26)7-6-15-8-10-22-11-9-15/h1-5,8-11,17-18,20,24-25H,6-7,12-14H2/t17-,18+,20-,21-/m1/s1. The van der Waals surface area contributed by atoms with E-state index in [0.29, 0.717) is 25.9 Å². The van der Waals surface area contributed by atoms with Crippen LogP contribution in [0.15, 0.2) is 54.9 Å². The lowest BCUT2D eigenvalue weighted by Gasteiger charge is -2.17. The highest BCUT2D eigenvalue weighted by Gasteiger charge is 2.71. The van der Waals surface area contributed by atoms with Crippen LogP contribution in [0.1, 0.15) is 23.5 Å². The van der Waals surface area contributed by atoms with Crippen LogP contribution in [0.3, 0.4) is 0 Å². The van der Waals surface area contributed by atoms with E-state index in [9.17, 15) is 15.0 Å². The van der Waals surface area contributed by atoms with Crippen molar-refractivity contribution in [1.82, 2.24) is 9.88 Å². The van der Waals surface area contributed by atoms with E-state index in [4.69, 9.17) is 0 Å². The van der Waals surface area contributed by atoms with Crippen LogP contribution in [0, 0.1) is 11.3 Å². The van der Waals surface area contributed by atoms with Gasteiger partial charge in [-0.3, -0.25) is 9.78 Å². The molecule has 2 heterocycles. The Kier molecular flexibility index (Phi) is 4.51. The highest BCUT2D eigenvalue weighted by molar-refractivity contribution is 5.77. The zero-order valence-electron chi connectivity index (χ0n) is 14.7. The van der Waals surface area contributed by atoms with Crippen LogP contribution in [0.5, 0.6) is 0 Å². The van der Waals surface area contributed by atoms with E-state index >= 15 is 0 Å². The number of hydrogen-bond acceptors (Lipinski definition) is 4. The molecule has 4 rings (SSSR count). The summed E-state index contributed by atoms with van der Waals surface area (Å²) in [6.45, 7) is 0.915. The van der Waals surface area contributed by atoms with Gasteiger partial charge in [0.1, 0.15) is 0 Å². The number of carbonyl (C=O) groups is 1. The summed E-state index contributed by atoms with van der Waals surface area (Å²) in [5.74, 6) is 0.188. The number of nitrogens with zero attached hydrogens (tertiary/aromatic N) is 2. The van der Waals surface area contributed by atoms with Crippen LogP contribution >= 0.6 is 0 Å². The maximum Gasteiger partial charge on any atom is 0.223 e. The third-order valence-electron chi connectivity index (χ3n) is 6.13. The molecule has 2 aromatic rings. The molecule has 0 radical (unpaired) electrons. The zero-order valence-corrected chi connectivity index (χ0v) is 14.7. The molecular weight excluding hydrogens is 328 g/mol. The van der Waals surface area contributed by atoms with Crippen molar-refractivity contribution in [1.29, 1.82) is 0 Å². The molecule has 5 nitrogen and oxygen atoms in total. The number of amides is 1. The molecule has 2 aliphatic rings. The number of hydrogen-bond donors (Lipinski definition) is 2. The molecule has 26 heavy (non-hydrogen) atoms. The Morgan fingerprint density at radius 2 is 1.92 bits per heavy atom. The number of aromatic nitrogens is 1. The van der Waals surface area contributed by atoms with Crippen LogP contribution in [0.4, 0.5) is 0 Å². The SMILES string of the molecule is O=C(CCc1ccncc1)N1C[C@H](O)[C@@]2(C1)[C@H](CO)[C@H]2c1ccccc1. The summed E-state index contributed by atoms with van der Waals surface area (Å²) in [6, 6.07) is 13.9. The molecule has 1 saturated heterocycles. The second kappa shape index (κ2) is 6.82. The van der Waals surface area contributed by atoms with E-state index in [1.807, 2.05) is 42.5 Å². The van der Waals surface area contributed by atoms with Crippen molar-refractivity contribution >= 4 is 5.91 Å². The van der Waals surface area contributed by atoms with Gasteiger partial charge in [0.05, 0.1) is 6.10 Å². The van der Waals surface area contributed by atoms with Gasteiger partial charge >= 0.3 is 0 Å². The highest BCUT2D eigenvalue weighted by Crippen LogP contribution is 2.68. The first-order valence-corrected chi connectivity index (χ1v) is 9.17. The van der Waals surface area contributed by atoms with Gasteiger partial charge in [-0.15, -0.1) is 0 Å². The lowest BCUT2D eigenvalue weighted by Crippen LogP contribution is -2.29. The van der Waals surface area contributed by atoms with Gasteiger partial charge in [0.2, 0.25) is 5.91 Å². The fraction of sp³-hybridized carbons (Fsp3) is 0.429. The van der Waals surface area contributed by atoms with E-state index in [0.717, 1.165) is 11.1 Å². The third-order valence-corrected chi connectivity index (χ3v) is 6.13. The fourth-order valence-corrected chi connectivity index (χ4v) is 4.72. The minimum atomic E-state index is -0.588. The smallest absolute Gasteiger partial charge is 0.223 e. The van der Waals surface area contributed by atoms with Crippen LogP contribution in [0.25, 0.3) is 0 Å². The maximum atomic E-state index is 12.7. The lowest BCUT2D eigenvalue weighted by atomic mass is 9.95. The quantitative estimate of drug-likeness (QED) is 0.857. The number of carbonyl (C=O) groups excluding carboxylic acids is 1. The minimum Gasteiger partial charge on any atom is -0.396 e. The number of β-amino-alcohol motifs (C(OH)–C–C–N with tert-alkyl or cyclic N) is 1. The molecule has 5 heteroatoms. The molecule has 1 aromatic carbocycles. The van der Waals surface area contributed by atoms with Gasteiger partial charge in [0, 0.05) is 43.9 Å². The van der Waals surface area contributed by atoms with Gasteiger partial charge in [-0.2, -0.15) is 0 Å². The highest BCUT2D eigenvalue weighted by atomic mass is 16.3. The minimum absolute atomic E-state index is 0.0119. The average molecular weight is 352 g/mol. The van der Waals surface area contributed by atoms with Gasteiger partial charge in [-0.05, 0) is 41.5 Å². The summed E-state index contributed by atoms with van der Waals surface area (Å²) >= 11 is 0. The van der Waals surface area contributed by atoms with Gasteiger partial charge < -0.3 is 15.1 Å². The topological polar surface area (TPSA) is 73.7 Å². The zero-order chi connectivity index (χ0) is 18.1. The van der Waals surface area contributed by atoms with Gasteiger partial charge in [0.25, 0.3) is 0 Å². The van der Waals surface area contributed by atoms with Crippen molar-refractivity contribution in [2.45, 2.75) is 24.9 Å². The Labute approximate surface area is 153 Å². The predicted molar refractivity (Wildman–Crippen MR) is 97.3 cm³/mol. The molecule has 1 amide bonds. The molecule has 1 aliphatic heterocycles. The summed E-state index contributed by atoms with van der Waals surface area (Å²) in [5, 5.41) is 20.6. The molecule has 2 fully saturated rings. The molecular formula is C21H24N2O3. The summed E-state index contributed by atoms with van der Waals surface area (Å²) in [7, 11) is 0. The number of rotatable bonds is 5. The Morgan fingerprint density at radius 3 is 2.62 bits per heavy atom. The molecule has 136 valence electrons. The molecule has 0 bridgehead atoms. The summed E-state index contributed by atoms with van der Waals surface area (Å²) in [5.41, 5.74) is 1.82. The first kappa shape index (κ1) is 17.2. The van der Waals surface area contributed by atoms with Gasteiger partial charge in [-0.1, -0.05) is 30.3 Å². The molecule has 0 unspecified atom stereocenters. The van der Waals surface area contributed by atoms with Crippen LogP contribution in [-0.2, 0) is 11.2 Å². The summed E-state index contributed by atoms with van der Waals surface area (Å²) in [4.78, 5) is 18.4. The first-order valence-electron chi connectivity index (χ1n) is 9.17. The number of likely N-dealkylation sites (tertiary alicyclic amines) is 1. The largest absolute Gasteiger partial charge is 0.396 e. The van der Waals surface area contributed by atoms with Crippen molar-refractivity contribution in [3.63, 3.8) is 0 Å². The molecule has 1 aromatic heterocycles. The predicted octanol–water partition coefficient (Wildman–Crippen LogP) is 1.61. The molecule has 1 aliphatic carbocycles. The average Bonchev–Trinajstić information content (AvgIpc) is 3.22. The van der Waals surface area contributed by atoms with Crippen molar-refractivity contribution in [2.75, 3.05) is 19.7 Å². The number of aryl methyl sites for hydroxylation is 1. The number of aliphatic hydroxyl groups excluding tert-OH is 2. The number of benzene rings is 1. The van der Waals surface area contributed by atoms with Crippen molar-refractivity contribution in [2.24, 2.45) is 11.3 Å². The second-order valence-corrected chi connectivity index (χ2v) is 7.44. The van der Waals surface area contributed by atoms with Crippen LogP contribution in [-0.4, -0.2) is 51.8 Å². The van der Waals surface area contributed by atoms with E-state index in [-0.39, 0.29) is 24.3 Å². The Hall–Kier alpha value is -2.24.